The van der Waals surface area contributed by atoms with Gasteiger partial charge in [-0.3, -0.25) is 0 Å². The van der Waals surface area contributed by atoms with Crippen LogP contribution in [0.25, 0.3) is 0 Å². The largest absolute Gasteiger partial charge is 0.394 e. The average molecular weight is 177 g/mol. The molecule has 4 unspecified atom stereocenters. The van der Waals surface area contributed by atoms with Gasteiger partial charge in [-0.1, -0.05) is 0 Å². The van der Waals surface area contributed by atoms with E-state index in [-0.39, 0.29) is 13.0 Å². The quantitative estimate of drug-likeness (QED) is 0.449. The van der Waals surface area contributed by atoms with Gasteiger partial charge in [0.05, 0.1) is 18.8 Å². The maximum Gasteiger partial charge on any atom is 0.218 e. The number of aliphatic hydroxyl groups excluding tert-OH is 3. The fourth-order valence-electron chi connectivity index (χ4n) is 1.14. The van der Waals surface area contributed by atoms with E-state index in [4.69, 9.17) is 20.1 Å². The van der Waals surface area contributed by atoms with Crippen molar-refractivity contribution in [3.05, 3.63) is 4.91 Å². The first-order chi connectivity index (χ1) is 5.69. The normalized spacial score (nSPS) is 42.6. The summed E-state index contributed by atoms with van der Waals surface area (Å²) in [6.07, 6.45) is -4.12. The summed E-state index contributed by atoms with van der Waals surface area (Å²) in [5, 5.41) is 29.4. The van der Waals surface area contributed by atoms with Gasteiger partial charge in [-0.05, 0) is 5.18 Å². The topological polar surface area (TPSA) is 99.4 Å². The molecule has 3 N–H and O–H groups in total. The summed E-state index contributed by atoms with van der Waals surface area (Å²) >= 11 is 0. The van der Waals surface area contributed by atoms with Crippen molar-refractivity contribution in [3.8, 4) is 0 Å². The first kappa shape index (κ1) is 9.53. The van der Waals surface area contributed by atoms with Crippen molar-refractivity contribution in [1.82, 2.24) is 0 Å². The van der Waals surface area contributed by atoms with E-state index in [9.17, 15) is 4.91 Å². The molecular formula is C6H11NO5. The third kappa shape index (κ3) is 1.78. The van der Waals surface area contributed by atoms with Crippen molar-refractivity contribution in [2.45, 2.75) is 31.0 Å². The minimum Gasteiger partial charge on any atom is -0.394 e. The number of rotatable bonds is 2. The van der Waals surface area contributed by atoms with Gasteiger partial charge in [0.1, 0.15) is 6.10 Å². The maximum absolute atomic E-state index is 10.0. The molecule has 1 fully saturated rings. The molecule has 12 heavy (non-hydrogen) atoms. The Morgan fingerprint density at radius 3 is 2.67 bits per heavy atom. The molecule has 0 radical (unpaired) electrons. The monoisotopic (exact) mass is 177 g/mol. The zero-order chi connectivity index (χ0) is 9.14. The summed E-state index contributed by atoms with van der Waals surface area (Å²) < 4.78 is 4.83. The Kier molecular flexibility index (Phi) is 3.10. The molecule has 1 rings (SSSR count). The van der Waals surface area contributed by atoms with Crippen LogP contribution in [0.5, 0.6) is 0 Å². The van der Waals surface area contributed by atoms with E-state index in [0.29, 0.717) is 0 Å². The Balaban J connectivity index is 2.57. The van der Waals surface area contributed by atoms with Crippen LogP contribution in [-0.2, 0) is 4.74 Å². The van der Waals surface area contributed by atoms with Crippen molar-refractivity contribution in [2.75, 3.05) is 6.61 Å². The van der Waals surface area contributed by atoms with Gasteiger partial charge < -0.3 is 20.1 Å². The Morgan fingerprint density at radius 1 is 1.50 bits per heavy atom. The predicted octanol–water partition coefficient (Wildman–Crippen LogP) is -1.42. The number of nitroso groups, excluding NO2 is 1. The highest BCUT2D eigenvalue weighted by molar-refractivity contribution is 4.83. The molecule has 0 bridgehead atoms. The van der Waals surface area contributed by atoms with Crippen LogP contribution in [0, 0.1) is 4.91 Å². The highest BCUT2D eigenvalue weighted by Gasteiger charge is 2.37. The van der Waals surface area contributed by atoms with Crippen molar-refractivity contribution >= 4 is 0 Å². The highest BCUT2D eigenvalue weighted by Crippen LogP contribution is 2.20. The zero-order valence-corrected chi connectivity index (χ0v) is 6.33. The van der Waals surface area contributed by atoms with Gasteiger partial charge >= 0.3 is 0 Å². The van der Waals surface area contributed by atoms with E-state index in [0.717, 1.165) is 0 Å². The zero-order valence-electron chi connectivity index (χ0n) is 6.33. The summed E-state index contributed by atoms with van der Waals surface area (Å²) in [5.74, 6) is 0. The lowest BCUT2D eigenvalue weighted by Gasteiger charge is -2.32. The summed E-state index contributed by atoms with van der Waals surface area (Å²) in [5.41, 5.74) is 0. The lowest BCUT2D eigenvalue weighted by molar-refractivity contribution is -0.173. The van der Waals surface area contributed by atoms with Crippen LogP contribution < -0.4 is 0 Å². The predicted molar refractivity (Wildman–Crippen MR) is 38.2 cm³/mol. The number of ether oxygens (including phenoxy) is 1. The summed E-state index contributed by atoms with van der Waals surface area (Å²) in [7, 11) is 0. The van der Waals surface area contributed by atoms with E-state index >= 15 is 0 Å². The molecule has 0 aromatic heterocycles. The molecule has 0 amide bonds. The third-order valence-electron chi connectivity index (χ3n) is 1.83. The molecule has 1 saturated heterocycles. The fraction of sp³-hybridized carbons (Fsp3) is 1.00. The second-order valence-electron chi connectivity index (χ2n) is 2.73. The maximum atomic E-state index is 10.0. The lowest BCUT2D eigenvalue weighted by Crippen LogP contribution is -2.48. The molecule has 6 heteroatoms. The number of aliphatic hydroxyl groups is 3. The molecule has 4 atom stereocenters. The standard InChI is InChI=1S/C6H11NO5/c8-2-3-1-4(9)5(10)6(7-11)12-3/h3-6,8-10H,1-2H2. The Hall–Kier alpha value is -0.560. The van der Waals surface area contributed by atoms with Gasteiger partial charge in [-0.2, -0.15) is 0 Å². The first-order valence-electron chi connectivity index (χ1n) is 3.64. The molecule has 70 valence electrons. The van der Waals surface area contributed by atoms with Crippen LogP contribution in [0.2, 0.25) is 0 Å². The molecule has 0 saturated carbocycles. The van der Waals surface area contributed by atoms with Gasteiger partial charge in [0.2, 0.25) is 6.23 Å². The molecule has 1 aliphatic rings. The molecular weight excluding hydrogens is 166 g/mol. The molecule has 0 spiro atoms. The van der Waals surface area contributed by atoms with Gasteiger partial charge in [-0.15, -0.1) is 4.91 Å². The molecule has 1 aliphatic heterocycles. The van der Waals surface area contributed by atoms with E-state index in [1.807, 2.05) is 0 Å². The minimum atomic E-state index is -1.29. The van der Waals surface area contributed by atoms with Crippen molar-refractivity contribution in [2.24, 2.45) is 5.18 Å². The number of hydrogen-bond acceptors (Lipinski definition) is 6. The van der Waals surface area contributed by atoms with Gasteiger partial charge in [0.15, 0.2) is 0 Å². The Labute approximate surface area is 68.7 Å². The van der Waals surface area contributed by atoms with E-state index in [2.05, 4.69) is 5.18 Å². The molecule has 0 aromatic rings. The summed E-state index contributed by atoms with van der Waals surface area (Å²) in [6.45, 7) is -0.296. The van der Waals surface area contributed by atoms with Crippen molar-refractivity contribution in [1.29, 1.82) is 0 Å². The first-order valence-corrected chi connectivity index (χ1v) is 3.64. The molecule has 0 aromatic carbocycles. The van der Waals surface area contributed by atoms with Gasteiger partial charge in [0.25, 0.3) is 0 Å². The second kappa shape index (κ2) is 3.90. The Morgan fingerprint density at radius 2 is 2.17 bits per heavy atom. The fourth-order valence-corrected chi connectivity index (χ4v) is 1.14. The van der Waals surface area contributed by atoms with Crippen molar-refractivity contribution < 1.29 is 20.1 Å². The smallest absolute Gasteiger partial charge is 0.218 e. The molecule has 1 heterocycles. The lowest BCUT2D eigenvalue weighted by atomic mass is 10.0. The SMILES string of the molecule is O=NC1OC(CO)CC(O)C1O. The Bertz CT molecular complexity index is 164. The average Bonchev–Trinajstić information content (AvgIpc) is 2.09. The summed E-state index contributed by atoms with van der Waals surface area (Å²) in [6, 6.07) is 0. The van der Waals surface area contributed by atoms with Crippen LogP contribution >= 0.6 is 0 Å². The molecule has 6 nitrogen and oxygen atoms in total. The molecule has 0 aliphatic carbocycles. The van der Waals surface area contributed by atoms with E-state index in [1.54, 1.807) is 0 Å². The van der Waals surface area contributed by atoms with E-state index in [1.165, 1.54) is 0 Å². The van der Waals surface area contributed by atoms with Crippen molar-refractivity contribution in [3.63, 3.8) is 0 Å². The van der Waals surface area contributed by atoms with Crippen LogP contribution in [0.3, 0.4) is 0 Å². The third-order valence-corrected chi connectivity index (χ3v) is 1.83. The van der Waals surface area contributed by atoms with Crippen LogP contribution in [-0.4, -0.2) is 46.5 Å². The van der Waals surface area contributed by atoms with E-state index < -0.39 is 24.5 Å². The minimum absolute atomic E-state index is 0.115. The highest BCUT2D eigenvalue weighted by atomic mass is 16.6. The summed E-state index contributed by atoms with van der Waals surface area (Å²) in [4.78, 5) is 10.0. The van der Waals surface area contributed by atoms with Crippen LogP contribution in [0.4, 0.5) is 0 Å². The number of nitrogens with zero attached hydrogens (tertiary/aromatic N) is 1. The van der Waals surface area contributed by atoms with Crippen LogP contribution in [0.15, 0.2) is 5.18 Å². The number of hydrogen-bond donors (Lipinski definition) is 3. The van der Waals surface area contributed by atoms with Gasteiger partial charge in [0, 0.05) is 6.42 Å². The van der Waals surface area contributed by atoms with Gasteiger partial charge in [-0.25, -0.2) is 0 Å². The van der Waals surface area contributed by atoms with Crippen LogP contribution in [0.1, 0.15) is 6.42 Å². The second-order valence-corrected chi connectivity index (χ2v) is 2.73.